The first-order valence-electron chi connectivity index (χ1n) is 6.11. The van der Waals surface area contributed by atoms with E-state index >= 15 is 0 Å². The molecule has 0 amide bonds. The van der Waals surface area contributed by atoms with Crippen LogP contribution in [0.4, 0.5) is 13.2 Å². The number of carbonyl (C=O) groups excluding carboxylic acids is 1. The van der Waals surface area contributed by atoms with Crippen molar-refractivity contribution in [3.8, 4) is 0 Å². The lowest BCUT2D eigenvalue weighted by Gasteiger charge is -2.05. The molecule has 1 heterocycles. The molecule has 5 heteroatoms. The van der Waals surface area contributed by atoms with Crippen molar-refractivity contribution in [3.05, 3.63) is 77.2 Å². The van der Waals surface area contributed by atoms with E-state index in [2.05, 4.69) is 4.98 Å². The van der Waals surface area contributed by atoms with Crippen molar-refractivity contribution < 1.29 is 18.0 Å². The Morgan fingerprint density at radius 3 is 2.57 bits per heavy atom. The second-order valence-electron chi connectivity index (χ2n) is 4.46. The van der Waals surface area contributed by atoms with Crippen LogP contribution in [0.5, 0.6) is 0 Å². The van der Waals surface area contributed by atoms with E-state index in [0.29, 0.717) is 10.9 Å². The Balaban J connectivity index is 2.10. The number of pyridine rings is 1. The SMILES string of the molecule is O=C(c1ccc2ncccc2c1)c1ccc(F)c(F)c1F. The second-order valence-corrected chi connectivity index (χ2v) is 4.46. The average Bonchev–Trinajstić information content (AvgIpc) is 2.52. The summed E-state index contributed by atoms with van der Waals surface area (Å²) in [7, 11) is 0. The molecule has 2 nitrogen and oxygen atoms in total. The molecule has 0 fully saturated rings. The normalized spacial score (nSPS) is 10.8. The molecule has 0 N–H and O–H groups in total. The van der Waals surface area contributed by atoms with Gasteiger partial charge in [-0.15, -0.1) is 0 Å². The summed E-state index contributed by atoms with van der Waals surface area (Å²) in [5.74, 6) is -5.17. The highest BCUT2D eigenvalue weighted by Gasteiger charge is 2.20. The number of carbonyl (C=O) groups is 1. The van der Waals surface area contributed by atoms with Crippen molar-refractivity contribution in [1.82, 2.24) is 4.98 Å². The van der Waals surface area contributed by atoms with Crippen LogP contribution in [0.3, 0.4) is 0 Å². The number of ketones is 1. The van der Waals surface area contributed by atoms with Gasteiger partial charge in [-0.3, -0.25) is 9.78 Å². The Morgan fingerprint density at radius 1 is 0.952 bits per heavy atom. The van der Waals surface area contributed by atoms with E-state index in [1.165, 1.54) is 12.1 Å². The maximum atomic E-state index is 13.7. The first kappa shape index (κ1) is 13.3. The number of fused-ring (bicyclic) bond motifs is 1. The Morgan fingerprint density at radius 2 is 1.76 bits per heavy atom. The van der Waals surface area contributed by atoms with E-state index in [-0.39, 0.29) is 5.56 Å². The summed E-state index contributed by atoms with van der Waals surface area (Å²) in [5.41, 5.74) is 0.359. The van der Waals surface area contributed by atoms with E-state index in [9.17, 15) is 18.0 Å². The highest BCUT2D eigenvalue weighted by molar-refractivity contribution is 6.10. The fourth-order valence-corrected chi connectivity index (χ4v) is 2.07. The maximum Gasteiger partial charge on any atom is 0.196 e. The Hall–Kier alpha value is -2.69. The summed E-state index contributed by atoms with van der Waals surface area (Å²) in [6.07, 6.45) is 1.61. The van der Waals surface area contributed by atoms with E-state index < -0.39 is 28.8 Å². The van der Waals surface area contributed by atoms with Gasteiger partial charge in [-0.05, 0) is 36.4 Å². The van der Waals surface area contributed by atoms with Crippen molar-refractivity contribution >= 4 is 16.7 Å². The zero-order chi connectivity index (χ0) is 15.0. The molecule has 21 heavy (non-hydrogen) atoms. The van der Waals surface area contributed by atoms with Crippen molar-refractivity contribution in [2.75, 3.05) is 0 Å². The Kier molecular flexibility index (Phi) is 3.17. The molecule has 0 atom stereocenters. The minimum atomic E-state index is -1.65. The standard InChI is InChI=1S/C16H8F3NO/c17-12-5-4-11(14(18)15(12)19)16(21)10-3-6-13-9(8-10)2-1-7-20-13/h1-8H. The number of aromatic nitrogens is 1. The lowest BCUT2D eigenvalue weighted by Crippen LogP contribution is -2.07. The molecule has 0 saturated heterocycles. The molecule has 1 aromatic heterocycles. The van der Waals surface area contributed by atoms with Gasteiger partial charge in [-0.1, -0.05) is 6.07 Å². The number of nitrogens with zero attached hydrogens (tertiary/aromatic N) is 1. The van der Waals surface area contributed by atoms with E-state index in [4.69, 9.17) is 0 Å². The first-order valence-corrected chi connectivity index (χ1v) is 6.11. The van der Waals surface area contributed by atoms with Crippen LogP contribution in [0.2, 0.25) is 0 Å². The van der Waals surface area contributed by atoms with Crippen LogP contribution >= 0.6 is 0 Å². The summed E-state index contributed by atoms with van der Waals surface area (Å²) in [4.78, 5) is 16.3. The van der Waals surface area contributed by atoms with E-state index in [1.807, 2.05) is 0 Å². The average molecular weight is 287 g/mol. The highest BCUT2D eigenvalue weighted by atomic mass is 19.2. The summed E-state index contributed by atoms with van der Waals surface area (Å²) in [6, 6.07) is 9.73. The molecule has 0 unspecified atom stereocenters. The van der Waals surface area contributed by atoms with Gasteiger partial charge >= 0.3 is 0 Å². The molecule has 0 aliphatic carbocycles. The number of hydrogen-bond acceptors (Lipinski definition) is 2. The third kappa shape index (κ3) is 2.27. The first-order chi connectivity index (χ1) is 10.1. The summed E-state index contributed by atoms with van der Waals surface area (Å²) in [6.45, 7) is 0. The van der Waals surface area contributed by atoms with Crippen LogP contribution in [0.15, 0.2) is 48.7 Å². The quantitative estimate of drug-likeness (QED) is 0.529. The molecule has 3 rings (SSSR count). The minimum Gasteiger partial charge on any atom is -0.288 e. The van der Waals surface area contributed by atoms with Crippen LogP contribution in [-0.4, -0.2) is 10.8 Å². The van der Waals surface area contributed by atoms with Gasteiger partial charge in [0.15, 0.2) is 23.2 Å². The van der Waals surface area contributed by atoms with Crippen molar-refractivity contribution in [1.29, 1.82) is 0 Å². The van der Waals surface area contributed by atoms with Crippen molar-refractivity contribution in [3.63, 3.8) is 0 Å². The molecule has 0 aliphatic rings. The van der Waals surface area contributed by atoms with Gasteiger partial charge in [-0.2, -0.15) is 0 Å². The van der Waals surface area contributed by atoms with Gasteiger partial charge < -0.3 is 0 Å². The summed E-state index contributed by atoms with van der Waals surface area (Å²) < 4.78 is 39.8. The second kappa shape index (κ2) is 5.01. The van der Waals surface area contributed by atoms with Crippen LogP contribution < -0.4 is 0 Å². The molecule has 0 aliphatic heterocycles. The molecule has 104 valence electrons. The monoisotopic (exact) mass is 287 g/mol. The fraction of sp³-hybridized carbons (Fsp3) is 0. The molecule has 0 radical (unpaired) electrons. The predicted molar refractivity (Wildman–Crippen MR) is 71.5 cm³/mol. The zero-order valence-corrected chi connectivity index (χ0v) is 10.6. The summed E-state index contributed by atoms with van der Waals surface area (Å²) >= 11 is 0. The molecule has 0 bridgehead atoms. The predicted octanol–water partition coefficient (Wildman–Crippen LogP) is 3.88. The van der Waals surface area contributed by atoms with Gasteiger partial charge in [0.05, 0.1) is 11.1 Å². The lowest BCUT2D eigenvalue weighted by atomic mass is 10.0. The van der Waals surface area contributed by atoms with Crippen LogP contribution in [-0.2, 0) is 0 Å². The van der Waals surface area contributed by atoms with Gasteiger partial charge in [-0.25, -0.2) is 13.2 Å². The fourth-order valence-electron chi connectivity index (χ4n) is 2.07. The van der Waals surface area contributed by atoms with Gasteiger partial charge in [0.1, 0.15) is 0 Å². The molecular formula is C16H8F3NO. The Labute approximate surface area is 117 Å². The summed E-state index contributed by atoms with van der Waals surface area (Å²) in [5, 5.41) is 0.700. The van der Waals surface area contributed by atoms with Gasteiger partial charge in [0, 0.05) is 17.1 Å². The lowest BCUT2D eigenvalue weighted by molar-refractivity contribution is 0.103. The van der Waals surface area contributed by atoms with Crippen molar-refractivity contribution in [2.45, 2.75) is 0 Å². The van der Waals surface area contributed by atoms with Crippen LogP contribution in [0.25, 0.3) is 10.9 Å². The molecule has 0 saturated carbocycles. The molecular weight excluding hydrogens is 279 g/mol. The number of halogens is 3. The third-order valence-electron chi connectivity index (χ3n) is 3.15. The molecule has 3 aromatic rings. The van der Waals surface area contributed by atoms with Crippen molar-refractivity contribution in [2.24, 2.45) is 0 Å². The third-order valence-corrected chi connectivity index (χ3v) is 3.15. The van der Waals surface area contributed by atoms with Crippen LogP contribution in [0.1, 0.15) is 15.9 Å². The molecule has 2 aromatic carbocycles. The van der Waals surface area contributed by atoms with E-state index in [1.54, 1.807) is 24.4 Å². The van der Waals surface area contributed by atoms with Gasteiger partial charge in [0.25, 0.3) is 0 Å². The largest absolute Gasteiger partial charge is 0.288 e. The zero-order valence-electron chi connectivity index (χ0n) is 10.6. The minimum absolute atomic E-state index is 0.181. The maximum absolute atomic E-state index is 13.7. The number of rotatable bonds is 2. The van der Waals surface area contributed by atoms with Gasteiger partial charge in [0.2, 0.25) is 0 Å². The number of benzene rings is 2. The molecule has 0 spiro atoms. The number of hydrogen-bond donors (Lipinski definition) is 0. The topological polar surface area (TPSA) is 30.0 Å². The van der Waals surface area contributed by atoms with Crippen LogP contribution in [0, 0.1) is 17.5 Å². The van der Waals surface area contributed by atoms with E-state index in [0.717, 1.165) is 12.1 Å². The Bertz CT molecular complexity index is 861. The highest BCUT2D eigenvalue weighted by Crippen LogP contribution is 2.20. The smallest absolute Gasteiger partial charge is 0.196 e.